The summed E-state index contributed by atoms with van der Waals surface area (Å²) in [6.07, 6.45) is 0. The maximum Gasteiger partial charge on any atom is 1.00 e. The molecule has 0 bridgehead atoms. The molecule has 1 atom stereocenters. The monoisotopic (exact) mass is 380 g/mol. The Kier molecular flexibility index (Phi) is 6.43. The van der Waals surface area contributed by atoms with Crippen LogP contribution in [0.5, 0.6) is 0 Å². The van der Waals surface area contributed by atoms with E-state index in [9.17, 15) is 17.8 Å². The van der Waals surface area contributed by atoms with Crippen molar-refractivity contribution in [3.8, 4) is 0 Å². The van der Waals surface area contributed by atoms with Crippen molar-refractivity contribution in [1.82, 2.24) is 0 Å². The first-order chi connectivity index (χ1) is 11.9. The van der Waals surface area contributed by atoms with Gasteiger partial charge in [-0.2, -0.15) is 20.3 Å². The first-order valence-corrected chi connectivity index (χ1v) is 8.68. The van der Waals surface area contributed by atoms with Crippen LogP contribution in [0.15, 0.2) is 74.8 Å². The molecule has 1 aliphatic heterocycles. The van der Waals surface area contributed by atoms with E-state index >= 15 is 0 Å². The number of carbonyl (C=O) groups excluding carboxylic acids is 1. The van der Waals surface area contributed by atoms with E-state index in [1.165, 1.54) is 23.2 Å². The molecule has 0 saturated heterocycles. The normalized spacial score (nSPS) is 17.3. The topological polar surface area (TPSA) is 115 Å². The van der Waals surface area contributed by atoms with Crippen molar-refractivity contribution in [1.29, 1.82) is 0 Å². The van der Waals surface area contributed by atoms with Gasteiger partial charge in [-0.15, -0.1) is 0 Å². The zero-order valence-corrected chi connectivity index (χ0v) is 16.9. The summed E-state index contributed by atoms with van der Waals surface area (Å²) in [6, 6.07) is 13.3. The second-order valence-corrected chi connectivity index (χ2v) is 6.61. The molecule has 0 aliphatic carbocycles. The molecule has 128 valence electrons. The predicted octanol–water partition coefficient (Wildman–Crippen LogP) is -0.530. The second kappa shape index (κ2) is 8.19. The number of nitrogens with zero attached hydrogens (tertiary/aromatic N) is 4. The van der Waals surface area contributed by atoms with Crippen LogP contribution in [0.1, 0.15) is 6.92 Å². The van der Waals surface area contributed by atoms with Gasteiger partial charge in [-0.25, -0.2) is 8.42 Å². The van der Waals surface area contributed by atoms with Crippen molar-refractivity contribution in [2.75, 3.05) is 5.01 Å². The van der Waals surface area contributed by atoms with Gasteiger partial charge in [0.15, 0.2) is 6.04 Å². The largest absolute Gasteiger partial charge is 1.00 e. The molecule has 0 radical (unpaired) electrons. The van der Waals surface area contributed by atoms with Crippen LogP contribution in [0.4, 0.5) is 11.4 Å². The Morgan fingerprint density at radius 1 is 1.08 bits per heavy atom. The number of benzene rings is 2. The average Bonchev–Trinajstić information content (AvgIpc) is 2.87. The van der Waals surface area contributed by atoms with E-state index in [4.69, 9.17) is 0 Å². The summed E-state index contributed by atoms with van der Waals surface area (Å²) < 4.78 is 33.8. The fourth-order valence-electron chi connectivity index (χ4n) is 2.31. The number of azo groups is 1. The summed E-state index contributed by atoms with van der Waals surface area (Å²) >= 11 is 0. The summed E-state index contributed by atoms with van der Waals surface area (Å²) in [7, 11) is -4.69. The van der Waals surface area contributed by atoms with Crippen LogP contribution in [0.2, 0.25) is 0 Å². The van der Waals surface area contributed by atoms with E-state index in [2.05, 4.69) is 15.3 Å². The van der Waals surface area contributed by atoms with Crippen molar-refractivity contribution in [3.05, 3.63) is 54.6 Å². The Morgan fingerprint density at radius 3 is 2.35 bits per heavy atom. The van der Waals surface area contributed by atoms with Crippen LogP contribution in [0.3, 0.4) is 0 Å². The number of carbonyl (C=O) groups is 1. The smallest absolute Gasteiger partial charge is 0.744 e. The third-order valence-corrected chi connectivity index (χ3v) is 4.40. The zero-order chi connectivity index (χ0) is 18.0. The van der Waals surface area contributed by atoms with E-state index in [0.29, 0.717) is 11.4 Å². The molecule has 2 aromatic rings. The van der Waals surface area contributed by atoms with E-state index in [0.717, 1.165) is 6.07 Å². The van der Waals surface area contributed by atoms with Crippen LogP contribution in [-0.4, -0.2) is 30.6 Å². The van der Waals surface area contributed by atoms with Crippen molar-refractivity contribution in [2.45, 2.75) is 17.9 Å². The van der Waals surface area contributed by atoms with Crippen LogP contribution < -0.4 is 34.6 Å². The Hall–Kier alpha value is -1.91. The molecule has 0 aromatic heterocycles. The number of hydrogen-bond acceptors (Lipinski definition) is 7. The standard InChI is InChI=1S/C16H14N4O4S.Na/c1-11-15(16(21)20(19-11)12-7-3-2-4-8-12)18-17-13-9-5-6-10-14(13)25(22,23)24;/h2-10,15H,1H3,(H,22,23,24);/q;+1/p-1. The van der Waals surface area contributed by atoms with E-state index in [-0.39, 0.29) is 35.2 Å². The first-order valence-electron chi connectivity index (χ1n) is 7.28. The number of hydrogen-bond donors (Lipinski definition) is 0. The van der Waals surface area contributed by atoms with Gasteiger partial charge in [0.05, 0.1) is 16.3 Å². The maximum atomic E-state index is 12.5. The molecule has 0 spiro atoms. The SMILES string of the molecule is CC1=NN(c2ccccc2)C(=O)C1N=Nc1ccccc1S(=O)(=O)[O-].[Na+]. The molecule has 0 saturated carbocycles. The molecular weight excluding hydrogens is 367 g/mol. The molecule has 10 heteroatoms. The number of para-hydroxylation sites is 1. The van der Waals surface area contributed by atoms with Crippen LogP contribution in [0, 0.1) is 0 Å². The Bertz CT molecular complexity index is 977. The van der Waals surface area contributed by atoms with Crippen molar-refractivity contribution in [3.63, 3.8) is 0 Å². The fraction of sp³-hybridized carbons (Fsp3) is 0.125. The molecule has 1 amide bonds. The molecular formula is C16H13N4NaO4S. The Labute approximate surface area is 172 Å². The van der Waals surface area contributed by atoms with E-state index in [1.54, 1.807) is 31.2 Å². The van der Waals surface area contributed by atoms with Crippen molar-refractivity contribution >= 4 is 33.1 Å². The number of hydrazone groups is 1. The molecule has 8 nitrogen and oxygen atoms in total. The van der Waals surface area contributed by atoms with Gasteiger partial charge in [0.25, 0.3) is 5.91 Å². The van der Waals surface area contributed by atoms with Gasteiger partial charge in [-0.05, 0) is 31.2 Å². The molecule has 1 heterocycles. The van der Waals surface area contributed by atoms with Gasteiger partial charge < -0.3 is 4.55 Å². The van der Waals surface area contributed by atoms with Gasteiger partial charge in [-0.1, -0.05) is 30.3 Å². The first kappa shape index (κ1) is 20.4. The minimum absolute atomic E-state index is 0. The number of anilines is 1. The van der Waals surface area contributed by atoms with Gasteiger partial charge in [0, 0.05) is 0 Å². The summed E-state index contributed by atoms with van der Waals surface area (Å²) in [5, 5.41) is 13.1. The van der Waals surface area contributed by atoms with Crippen molar-refractivity contribution < 1.29 is 47.3 Å². The van der Waals surface area contributed by atoms with Gasteiger partial charge in [-0.3, -0.25) is 4.79 Å². The summed E-state index contributed by atoms with van der Waals surface area (Å²) in [5.74, 6) is -0.407. The van der Waals surface area contributed by atoms with Gasteiger partial charge in [0.2, 0.25) is 0 Å². The van der Waals surface area contributed by atoms with Gasteiger partial charge >= 0.3 is 29.6 Å². The van der Waals surface area contributed by atoms with E-state index < -0.39 is 27.0 Å². The third-order valence-electron chi connectivity index (χ3n) is 3.51. The number of amides is 1. The summed E-state index contributed by atoms with van der Waals surface area (Å²) in [6.45, 7) is 1.63. The van der Waals surface area contributed by atoms with Gasteiger partial charge in [0.1, 0.15) is 15.8 Å². The third kappa shape index (κ3) is 4.25. The molecule has 1 unspecified atom stereocenters. The minimum Gasteiger partial charge on any atom is -0.744 e. The minimum atomic E-state index is -4.69. The maximum absolute atomic E-state index is 12.5. The Morgan fingerprint density at radius 2 is 1.69 bits per heavy atom. The van der Waals surface area contributed by atoms with Crippen LogP contribution in [0.25, 0.3) is 0 Å². The molecule has 2 aromatic carbocycles. The average molecular weight is 380 g/mol. The fourth-order valence-corrected chi connectivity index (χ4v) is 2.92. The molecule has 0 fully saturated rings. The molecule has 26 heavy (non-hydrogen) atoms. The van der Waals surface area contributed by atoms with Crippen LogP contribution in [-0.2, 0) is 14.9 Å². The second-order valence-electron chi connectivity index (χ2n) is 5.27. The van der Waals surface area contributed by atoms with Crippen LogP contribution >= 0.6 is 0 Å². The zero-order valence-electron chi connectivity index (χ0n) is 14.1. The summed E-state index contributed by atoms with van der Waals surface area (Å²) in [5.41, 5.74) is 0.892. The number of rotatable bonds is 4. The predicted molar refractivity (Wildman–Crippen MR) is 89.7 cm³/mol. The molecule has 0 N–H and O–H groups in total. The molecule has 1 aliphatic rings. The Balaban J connectivity index is 0.00000243. The summed E-state index contributed by atoms with van der Waals surface area (Å²) in [4.78, 5) is 12.0. The molecule has 3 rings (SSSR count). The quantitative estimate of drug-likeness (QED) is 0.403. The van der Waals surface area contributed by atoms with Crippen molar-refractivity contribution in [2.24, 2.45) is 15.3 Å². The van der Waals surface area contributed by atoms with E-state index in [1.807, 2.05) is 6.07 Å².